The van der Waals surface area contributed by atoms with E-state index in [0.29, 0.717) is 12.4 Å². The van der Waals surface area contributed by atoms with Crippen molar-refractivity contribution in [1.82, 2.24) is 19.6 Å². The first-order valence-electron chi connectivity index (χ1n) is 5.90. The van der Waals surface area contributed by atoms with Crippen LogP contribution >= 0.6 is 0 Å². The molecule has 0 saturated carbocycles. The summed E-state index contributed by atoms with van der Waals surface area (Å²) in [6.45, 7) is 5.72. The maximum Gasteiger partial charge on any atom is 0.266 e. The van der Waals surface area contributed by atoms with E-state index in [1.165, 1.54) is 16.8 Å². The highest BCUT2D eigenvalue weighted by Gasteiger charge is 2.13. The summed E-state index contributed by atoms with van der Waals surface area (Å²) < 4.78 is 1.44. The van der Waals surface area contributed by atoms with Crippen LogP contribution in [0.15, 0.2) is 16.9 Å². The van der Waals surface area contributed by atoms with E-state index in [1.807, 2.05) is 0 Å². The highest BCUT2D eigenvalue weighted by atomic mass is 16.1. The molecule has 1 saturated heterocycles. The van der Waals surface area contributed by atoms with E-state index in [4.69, 9.17) is 5.73 Å². The van der Waals surface area contributed by atoms with Crippen molar-refractivity contribution in [2.45, 2.75) is 6.54 Å². The molecule has 0 spiro atoms. The minimum atomic E-state index is -0.0895. The van der Waals surface area contributed by atoms with E-state index in [-0.39, 0.29) is 5.56 Å². The second kappa shape index (κ2) is 5.29. The molecular formula is C11H19N5O. The molecule has 0 aromatic carbocycles. The molecule has 0 bridgehead atoms. The molecule has 2 rings (SSSR count). The van der Waals surface area contributed by atoms with E-state index in [0.717, 1.165) is 32.7 Å². The number of hydrogen-bond acceptors (Lipinski definition) is 5. The predicted molar refractivity (Wildman–Crippen MR) is 66.8 cm³/mol. The summed E-state index contributed by atoms with van der Waals surface area (Å²) in [7, 11) is 2.13. The Hall–Kier alpha value is -1.40. The third-order valence-corrected chi connectivity index (χ3v) is 3.11. The largest absolute Gasteiger partial charge is 0.382 e. The summed E-state index contributed by atoms with van der Waals surface area (Å²) in [4.78, 5) is 16.2. The highest BCUT2D eigenvalue weighted by Crippen LogP contribution is 1.99. The Morgan fingerprint density at radius 3 is 2.65 bits per heavy atom. The molecule has 0 unspecified atom stereocenters. The van der Waals surface area contributed by atoms with Crippen LogP contribution in [0.5, 0.6) is 0 Å². The van der Waals surface area contributed by atoms with Gasteiger partial charge in [0.15, 0.2) is 0 Å². The number of piperazine rings is 1. The molecule has 6 nitrogen and oxygen atoms in total. The van der Waals surface area contributed by atoms with Gasteiger partial charge in [-0.2, -0.15) is 5.10 Å². The number of anilines is 1. The summed E-state index contributed by atoms with van der Waals surface area (Å²) in [6, 6.07) is 3.00. The van der Waals surface area contributed by atoms with E-state index in [2.05, 4.69) is 21.9 Å². The normalized spacial score (nSPS) is 18.4. The van der Waals surface area contributed by atoms with Crippen molar-refractivity contribution in [2.24, 2.45) is 0 Å². The van der Waals surface area contributed by atoms with Crippen LogP contribution in [0.3, 0.4) is 0 Å². The van der Waals surface area contributed by atoms with Gasteiger partial charge < -0.3 is 10.6 Å². The third kappa shape index (κ3) is 3.28. The first-order valence-corrected chi connectivity index (χ1v) is 5.90. The van der Waals surface area contributed by atoms with Crippen LogP contribution in [-0.2, 0) is 6.54 Å². The minimum absolute atomic E-state index is 0.0895. The molecule has 1 aromatic heterocycles. The van der Waals surface area contributed by atoms with Gasteiger partial charge in [-0.3, -0.25) is 9.69 Å². The minimum Gasteiger partial charge on any atom is -0.382 e. The lowest BCUT2D eigenvalue weighted by atomic mass is 10.3. The first-order chi connectivity index (χ1) is 8.15. The summed E-state index contributed by atoms with van der Waals surface area (Å²) in [5.41, 5.74) is 5.47. The highest BCUT2D eigenvalue weighted by molar-refractivity contribution is 5.23. The van der Waals surface area contributed by atoms with E-state index < -0.39 is 0 Å². The zero-order chi connectivity index (χ0) is 12.3. The SMILES string of the molecule is CN1CCN(CCn2nc(N)ccc2=O)CC1. The molecular weight excluding hydrogens is 218 g/mol. The van der Waals surface area contributed by atoms with E-state index in [9.17, 15) is 4.79 Å². The Balaban J connectivity index is 1.89. The molecule has 94 valence electrons. The van der Waals surface area contributed by atoms with Gasteiger partial charge in [-0.15, -0.1) is 0 Å². The van der Waals surface area contributed by atoms with Crippen LogP contribution in [0.2, 0.25) is 0 Å². The van der Waals surface area contributed by atoms with Gasteiger partial charge in [0, 0.05) is 38.8 Å². The smallest absolute Gasteiger partial charge is 0.266 e. The van der Waals surface area contributed by atoms with Crippen molar-refractivity contribution in [2.75, 3.05) is 45.5 Å². The van der Waals surface area contributed by atoms with Gasteiger partial charge in [0.2, 0.25) is 0 Å². The van der Waals surface area contributed by atoms with Crippen molar-refractivity contribution >= 4 is 5.82 Å². The molecule has 1 fully saturated rings. The standard InChI is InChI=1S/C11H19N5O/c1-14-4-6-15(7-5-14)8-9-16-11(17)3-2-10(12)13-16/h2-3H,4-9H2,1H3,(H2,12,13). The Morgan fingerprint density at radius 1 is 1.24 bits per heavy atom. The van der Waals surface area contributed by atoms with Gasteiger partial charge in [-0.1, -0.05) is 0 Å². The van der Waals surface area contributed by atoms with Crippen molar-refractivity contribution in [3.63, 3.8) is 0 Å². The quantitative estimate of drug-likeness (QED) is 0.736. The van der Waals surface area contributed by atoms with Gasteiger partial charge in [0.05, 0.1) is 6.54 Å². The van der Waals surface area contributed by atoms with Crippen molar-refractivity contribution in [3.05, 3.63) is 22.5 Å². The van der Waals surface area contributed by atoms with Gasteiger partial charge in [-0.05, 0) is 13.1 Å². The lowest BCUT2D eigenvalue weighted by Gasteiger charge is -2.32. The average Bonchev–Trinajstić information content (AvgIpc) is 2.32. The molecule has 1 aromatic rings. The zero-order valence-electron chi connectivity index (χ0n) is 10.2. The maximum absolute atomic E-state index is 11.5. The predicted octanol–water partition coefficient (Wildman–Crippen LogP) is -0.927. The van der Waals surface area contributed by atoms with Crippen LogP contribution in [0.1, 0.15) is 0 Å². The average molecular weight is 237 g/mol. The van der Waals surface area contributed by atoms with Gasteiger partial charge in [0.25, 0.3) is 5.56 Å². The van der Waals surface area contributed by atoms with Gasteiger partial charge in [-0.25, -0.2) is 4.68 Å². The number of nitrogens with two attached hydrogens (primary N) is 1. The lowest BCUT2D eigenvalue weighted by Crippen LogP contribution is -2.46. The third-order valence-electron chi connectivity index (χ3n) is 3.11. The fourth-order valence-electron chi connectivity index (χ4n) is 1.93. The van der Waals surface area contributed by atoms with E-state index in [1.54, 1.807) is 0 Å². The molecule has 0 atom stereocenters. The molecule has 1 aliphatic heterocycles. The Labute approximate surface area is 101 Å². The fourth-order valence-corrected chi connectivity index (χ4v) is 1.93. The van der Waals surface area contributed by atoms with Gasteiger partial charge >= 0.3 is 0 Å². The zero-order valence-corrected chi connectivity index (χ0v) is 10.2. The summed E-state index contributed by atoms with van der Waals surface area (Å²) >= 11 is 0. The maximum atomic E-state index is 11.5. The number of nitrogens with zero attached hydrogens (tertiary/aromatic N) is 4. The Bertz CT molecular complexity index is 422. The number of likely N-dealkylation sites (N-methyl/N-ethyl adjacent to an activating group) is 1. The number of hydrogen-bond donors (Lipinski definition) is 1. The summed E-state index contributed by atoms with van der Waals surface area (Å²) in [6.07, 6.45) is 0. The lowest BCUT2D eigenvalue weighted by molar-refractivity contribution is 0.148. The van der Waals surface area contributed by atoms with Crippen molar-refractivity contribution in [3.8, 4) is 0 Å². The summed E-state index contributed by atoms with van der Waals surface area (Å²) in [5.74, 6) is 0.392. The molecule has 1 aliphatic rings. The molecule has 2 heterocycles. The fraction of sp³-hybridized carbons (Fsp3) is 0.636. The Morgan fingerprint density at radius 2 is 1.94 bits per heavy atom. The molecule has 6 heteroatoms. The molecule has 2 N–H and O–H groups in total. The molecule has 0 radical (unpaired) electrons. The number of rotatable bonds is 3. The van der Waals surface area contributed by atoms with Crippen LogP contribution < -0.4 is 11.3 Å². The van der Waals surface area contributed by atoms with Gasteiger partial charge in [0.1, 0.15) is 5.82 Å². The molecule has 0 aliphatic carbocycles. The van der Waals surface area contributed by atoms with Crippen molar-refractivity contribution in [1.29, 1.82) is 0 Å². The summed E-state index contributed by atoms with van der Waals surface area (Å²) in [5, 5.41) is 4.02. The number of nitrogen functional groups attached to an aromatic ring is 1. The first kappa shape index (κ1) is 12.1. The van der Waals surface area contributed by atoms with Crippen LogP contribution in [0, 0.1) is 0 Å². The van der Waals surface area contributed by atoms with Crippen molar-refractivity contribution < 1.29 is 0 Å². The topological polar surface area (TPSA) is 67.4 Å². The second-order valence-corrected chi connectivity index (χ2v) is 4.46. The second-order valence-electron chi connectivity index (χ2n) is 4.46. The van der Waals surface area contributed by atoms with E-state index >= 15 is 0 Å². The van der Waals surface area contributed by atoms with Crippen LogP contribution in [0.25, 0.3) is 0 Å². The van der Waals surface area contributed by atoms with Crippen LogP contribution in [0.4, 0.5) is 5.82 Å². The molecule has 17 heavy (non-hydrogen) atoms. The Kier molecular flexibility index (Phi) is 3.75. The molecule has 0 amide bonds. The number of aromatic nitrogens is 2. The monoisotopic (exact) mass is 237 g/mol. The van der Waals surface area contributed by atoms with Crippen LogP contribution in [-0.4, -0.2) is 59.4 Å².